The molecule has 0 bridgehead atoms. The maximum atomic E-state index is 13.7. The highest BCUT2D eigenvalue weighted by atomic mass is 16.6. The summed E-state index contributed by atoms with van der Waals surface area (Å²) in [5.41, 5.74) is -0.310. The van der Waals surface area contributed by atoms with Crippen LogP contribution in [0.1, 0.15) is 78.2 Å². The van der Waals surface area contributed by atoms with Gasteiger partial charge in [0.25, 0.3) is 0 Å². The van der Waals surface area contributed by atoms with Crippen LogP contribution in [-0.4, -0.2) is 61.3 Å². The van der Waals surface area contributed by atoms with Crippen molar-refractivity contribution in [3.8, 4) is 5.75 Å². The molecule has 2 amide bonds. The lowest BCUT2D eigenvalue weighted by Crippen LogP contribution is -2.56. The van der Waals surface area contributed by atoms with Crippen LogP contribution in [0, 0.1) is 11.3 Å². The fourth-order valence-electron chi connectivity index (χ4n) is 5.70. The van der Waals surface area contributed by atoms with Crippen molar-refractivity contribution in [3.63, 3.8) is 0 Å². The van der Waals surface area contributed by atoms with E-state index >= 15 is 0 Å². The number of hydrogen-bond acceptors (Lipinski definition) is 6. The molecule has 1 heterocycles. The Morgan fingerprint density at radius 3 is 2.22 bits per heavy atom. The third-order valence-corrected chi connectivity index (χ3v) is 7.62. The molecule has 2 fully saturated rings. The van der Waals surface area contributed by atoms with Crippen LogP contribution in [0.15, 0.2) is 24.3 Å². The van der Waals surface area contributed by atoms with Gasteiger partial charge in [0.05, 0.1) is 19.1 Å². The average Bonchev–Trinajstić information content (AvgIpc) is 2.88. The van der Waals surface area contributed by atoms with Crippen LogP contribution in [-0.2, 0) is 25.5 Å². The maximum Gasteiger partial charge on any atom is 0.408 e. The third-order valence-electron chi connectivity index (χ3n) is 7.62. The lowest BCUT2D eigenvalue weighted by atomic mass is 9.63. The summed E-state index contributed by atoms with van der Waals surface area (Å²) in [6.07, 6.45) is 6.43. The van der Waals surface area contributed by atoms with Gasteiger partial charge in [0.2, 0.25) is 5.91 Å². The predicted molar refractivity (Wildman–Crippen MR) is 141 cm³/mol. The number of rotatable bonds is 8. The number of carbonyl (C=O) groups excluding carboxylic acids is 3. The highest BCUT2D eigenvalue weighted by Crippen LogP contribution is 2.47. The molecule has 1 aliphatic carbocycles. The Hall–Kier alpha value is -2.77. The van der Waals surface area contributed by atoms with Crippen molar-refractivity contribution >= 4 is 18.0 Å². The number of ether oxygens (including phenoxy) is 3. The molecule has 2 aliphatic rings. The lowest BCUT2D eigenvalue weighted by molar-refractivity contribution is -0.166. The molecule has 0 aromatic heterocycles. The van der Waals surface area contributed by atoms with E-state index in [1.807, 2.05) is 31.2 Å². The molecular weight excluding hydrogens is 472 g/mol. The number of likely N-dealkylation sites (tertiary alicyclic amines) is 1. The highest BCUT2D eigenvalue weighted by molar-refractivity contribution is 5.86. The smallest absolute Gasteiger partial charge is 0.408 e. The van der Waals surface area contributed by atoms with Crippen LogP contribution in [0.5, 0.6) is 5.75 Å². The Morgan fingerprint density at radius 1 is 1.05 bits per heavy atom. The summed E-state index contributed by atoms with van der Waals surface area (Å²) >= 11 is 0. The molecule has 1 saturated heterocycles. The number of esters is 1. The van der Waals surface area contributed by atoms with Crippen LogP contribution in [0.2, 0.25) is 0 Å². The van der Waals surface area contributed by atoms with E-state index in [1.165, 1.54) is 6.42 Å². The van der Waals surface area contributed by atoms with Crippen LogP contribution in [0.4, 0.5) is 4.79 Å². The number of nitrogens with one attached hydrogen (secondary N) is 1. The molecule has 1 saturated carbocycles. The van der Waals surface area contributed by atoms with Crippen molar-refractivity contribution in [1.29, 1.82) is 0 Å². The van der Waals surface area contributed by atoms with Gasteiger partial charge in [-0.05, 0) is 77.0 Å². The van der Waals surface area contributed by atoms with E-state index in [0.717, 1.165) is 37.0 Å². The topological polar surface area (TPSA) is 94.2 Å². The summed E-state index contributed by atoms with van der Waals surface area (Å²) < 4.78 is 16.2. The molecule has 1 atom stereocenters. The Labute approximate surface area is 221 Å². The summed E-state index contributed by atoms with van der Waals surface area (Å²) in [4.78, 5) is 41.3. The second-order valence-electron chi connectivity index (χ2n) is 11.3. The van der Waals surface area contributed by atoms with Crippen LogP contribution in [0.25, 0.3) is 0 Å². The molecule has 0 spiro atoms. The second kappa shape index (κ2) is 12.7. The fourth-order valence-corrected chi connectivity index (χ4v) is 5.70. The molecule has 37 heavy (non-hydrogen) atoms. The molecule has 8 nitrogen and oxygen atoms in total. The summed E-state index contributed by atoms with van der Waals surface area (Å²) in [5, 5.41) is 2.80. The van der Waals surface area contributed by atoms with E-state index in [9.17, 15) is 14.4 Å². The number of carbonyl (C=O) groups is 3. The Morgan fingerprint density at radius 2 is 1.68 bits per heavy atom. The monoisotopic (exact) mass is 516 g/mol. The van der Waals surface area contributed by atoms with E-state index in [2.05, 4.69) is 5.32 Å². The van der Waals surface area contributed by atoms with Crippen molar-refractivity contribution in [1.82, 2.24) is 10.2 Å². The van der Waals surface area contributed by atoms with Crippen LogP contribution >= 0.6 is 0 Å². The SMILES string of the molecule is CCOC(=O)C1(C2CCCCC2)CCN(C(=O)C(Cc2ccc(OC)cc2)NC(=O)OC(C)(C)C)CC1. The molecule has 8 heteroatoms. The molecule has 1 aromatic rings. The van der Waals surface area contributed by atoms with Crippen molar-refractivity contribution in [2.24, 2.45) is 11.3 Å². The summed E-state index contributed by atoms with van der Waals surface area (Å²) in [7, 11) is 1.60. The van der Waals surface area contributed by atoms with Gasteiger partial charge in [-0.2, -0.15) is 0 Å². The molecular formula is C29H44N2O6. The minimum absolute atomic E-state index is 0.115. The number of amides is 2. The molecule has 1 aromatic carbocycles. The second-order valence-corrected chi connectivity index (χ2v) is 11.3. The van der Waals surface area contributed by atoms with Gasteiger partial charge in [0.15, 0.2) is 0 Å². The van der Waals surface area contributed by atoms with Gasteiger partial charge >= 0.3 is 12.1 Å². The number of alkyl carbamates (subject to hydrolysis) is 1. The number of methoxy groups -OCH3 is 1. The first-order chi connectivity index (χ1) is 17.6. The quantitative estimate of drug-likeness (QED) is 0.495. The summed E-state index contributed by atoms with van der Waals surface area (Å²) in [6, 6.07) is 6.67. The zero-order valence-electron chi connectivity index (χ0n) is 23.1. The fraction of sp³-hybridized carbons (Fsp3) is 0.690. The van der Waals surface area contributed by atoms with E-state index in [1.54, 1.807) is 32.8 Å². The largest absolute Gasteiger partial charge is 0.497 e. The van der Waals surface area contributed by atoms with Gasteiger partial charge in [-0.3, -0.25) is 9.59 Å². The Balaban J connectivity index is 1.75. The standard InChI is InChI=1S/C29H44N2O6/c1-6-36-26(33)29(22-10-8-7-9-11-22)16-18-31(19-17-29)25(32)24(30-27(34)37-28(2,3)4)20-21-12-14-23(35-5)15-13-21/h12-15,22,24H,6-11,16-20H2,1-5H3,(H,30,34). The minimum atomic E-state index is -0.784. The van der Waals surface area contributed by atoms with E-state index in [-0.39, 0.29) is 11.9 Å². The van der Waals surface area contributed by atoms with Gasteiger partial charge in [-0.25, -0.2) is 4.79 Å². The van der Waals surface area contributed by atoms with Gasteiger partial charge in [-0.1, -0.05) is 31.4 Å². The average molecular weight is 517 g/mol. The molecule has 206 valence electrons. The summed E-state index contributed by atoms with van der Waals surface area (Å²) in [6.45, 7) is 8.50. The first-order valence-corrected chi connectivity index (χ1v) is 13.7. The molecule has 3 rings (SSSR count). The Kier molecular flexibility index (Phi) is 9.85. The summed E-state index contributed by atoms with van der Waals surface area (Å²) in [5.74, 6) is 0.742. The van der Waals surface area contributed by atoms with Crippen molar-refractivity contribution in [2.45, 2.75) is 90.7 Å². The minimum Gasteiger partial charge on any atom is -0.497 e. The van der Waals surface area contributed by atoms with Gasteiger partial charge in [0.1, 0.15) is 17.4 Å². The van der Waals surface area contributed by atoms with E-state index in [4.69, 9.17) is 14.2 Å². The van der Waals surface area contributed by atoms with Gasteiger partial charge < -0.3 is 24.4 Å². The highest BCUT2D eigenvalue weighted by Gasteiger charge is 2.49. The van der Waals surface area contributed by atoms with E-state index in [0.29, 0.717) is 44.9 Å². The first-order valence-electron chi connectivity index (χ1n) is 13.7. The zero-order chi connectivity index (χ0) is 27.1. The van der Waals surface area contributed by atoms with Crippen LogP contribution in [0.3, 0.4) is 0 Å². The van der Waals surface area contributed by atoms with Crippen molar-refractivity contribution in [2.75, 3.05) is 26.8 Å². The van der Waals surface area contributed by atoms with Crippen LogP contribution < -0.4 is 10.1 Å². The van der Waals surface area contributed by atoms with Gasteiger partial charge in [-0.15, -0.1) is 0 Å². The Bertz CT molecular complexity index is 909. The van der Waals surface area contributed by atoms with Gasteiger partial charge in [0, 0.05) is 19.5 Å². The third kappa shape index (κ3) is 7.62. The van der Waals surface area contributed by atoms with Crippen molar-refractivity contribution < 1.29 is 28.6 Å². The number of benzene rings is 1. The lowest BCUT2D eigenvalue weighted by Gasteiger charge is -2.46. The molecule has 1 unspecified atom stereocenters. The molecule has 0 radical (unpaired) electrons. The van der Waals surface area contributed by atoms with Crippen molar-refractivity contribution in [3.05, 3.63) is 29.8 Å². The number of hydrogen-bond donors (Lipinski definition) is 1. The predicted octanol–water partition coefficient (Wildman–Crippen LogP) is 4.88. The number of piperidine rings is 1. The molecule has 1 N–H and O–H groups in total. The van der Waals surface area contributed by atoms with E-state index < -0.39 is 23.2 Å². The number of nitrogens with zero attached hydrogens (tertiary/aromatic N) is 1. The normalized spacial score (nSPS) is 19.0. The first kappa shape index (κ1) is 28.8. The maximum absolute atomic E-state index is 13.7. The molecule has 1 aliphatic heterocycles. The zero-order valence-corrected chi connectivity index (χ0v) is 23.1.